The number of methoxy groups -OCH3 is 2. The molecule has 26 heavy (non-hydrogen) atoms. The monoisotopic (exact) mass is 357 g/mol. The van der Waals surface area contributed by atoms with Gasteiger partial charge in [-0.2, -0.15) is 5.10 Å². The van der Waals surface area contributed by atoms with Crippen LogP contribution in [0.5, 0.6) is 11.5 Å². The minimum atomic E-state index is -0.485. The molecule has 2 rings (SSSR count). The van der Waals surface area contributed by atoms with Gasteiger partial charge in [0.1, 0.15) is 0 Å². The molecule has 0 unspecified atom stereocenters. The molecule has 0 aliphatic carbocycles. The summed E-state index contributed by atoms with van der Waals surface area (Å²) in [6.07, 6.45) is 0.0701. The largest absolute Gasteiger partial charge is 0.493 e. The molecule has 1 N–H and O–H groups in total. The Kier molecular flexibility index (Phi) is 6.26. The van der Waals surface area contributed by atoms with E-state index in [0.717, 1.165) is 5.56 Å². The van der Waals surface area contributed by atoms with E-state index in [1.54, 1.807) is 45.4 Å². The Labute approximate surface area is 150 Å². The third kappa shape index (κ3) is 4.79. The smallest absolute Gasteiger partial charge is 0.269 e. The number of ether oxygens (including phenoxy) is 2. The lowest BCUT2D eigenvalue weighted by atomic mass is 10.1. The fourth-order valence-corrected chi connectivity index (χ4v) is 2.23. The predicted octanol–water partition coefficient (Wildman–Crippen LogP) is 2.69. The van der Waals surface area contributed by atoms with Crippen molar-refractivity contribution in [3.05, 3.63) is 63.7 Å². The van der Waals surface area contributed by atoms with Crippen molar-refractivity contribution in [3.8, 4) is 11.5 Å². The van der Waals surface area contributed by atoms with Gasteiger partial charge < -0.3 is 9.47 Å². The van der Waals surface area contributed by atoms with Gasteiger partial charge in [-0.25, -0.2) is 5.43 Å². The fraction of sp³-hybridized carbons (Fsp3) is 0.222. The molecule has 0 aliphatic heterocycles. The first kappa shape index (κ1) is 18.9. The second-order valence-corrected chi connectivity index (χ2v) is 5.40. The van der Waals surface area contributed by atoms with Gasteiger partial charge in [0.25, 0.3) is 5.69 Å². The van der Waals surface area contributed by atoms with Crippen molar-refractivity contribution in [3.63, 3.8) is 0 Å². The SMILES string of the molecule is COc1ccc(C(C)=NNC(=O)Cc2ccc([N+](=O)[O-])cc2)cc1OC. The number of hydrazone groups is 1. The number of rotatable bonds is 7. The zero-order valence-corrected chi connectivity index (χ0v) is 14.7. The zero-order chi connectivity index (χ0) is 19.1. The summed E-state index contributed by atoms with van der Waals surface area (Å²) in [7, 11) is 3.09. The molecule has 0 spiro atoms. The number of nitro benzene ring substituents is 1. The molecule has 0 bridgehead atoms. The molecule has 0 saturated heterocycles. The van der Waals surface area contributed by atoms with E-state index < -0.39 is 4.92 Å². The number of carbonyl (C=O) groups excluding carboxylic acids is 1. The van der Waals surface area contributed by atoms with Crippen LogP contribution in [-0.2, 0) is 11.2 Å². The lowest BCUT2D eigenvalue weighted by molar-refractivity contribution is -0.384. The zero-order valence-electron chi connectivity index (χ0n) is 14.7. The van der Waals surface area contributed by atoms with Gasteiger partial charge in [-0.15, -0.1) is 0 Å². The number of nitrogens with one attached hydrogen (secondary N) is 1. The first-order valence-corrected chi connectivity index (χ1v) is 7.73. The Morgan fingerprint density at radius 2 is 1.77 bits per heavy atom. The van der Waals surface area contributed by atoms with Crippen LogP contribution in [0.15, 0.2) is 47.6 Å². The summed E-state index contributed by atoms with van der Waals surface area (Å²) in [6.45, 7) is 1.76. The van der Waals surface area contributed by atoms with E-state index in [1.165, 1.54) is 12.1 Å². The van der Waals surface area contributed by atoms with Gasteiger partial charge in [-0.05, 0) is 30.7 Å². The van der Waals surface area contributed by atoms with Gasteiger partial charge >= 0.3 is 0 Å². The maximum absolute atomic E-state index is 12.0. The average molecular weight is 357 g/mol. The molecule has 0 fully saturated rings. The van der Waals surface area contributed by atoms with Gasteiger partial charge in [-0.1, -0.05) is 12.1 Å². The van der Waals surface area contributed by atoms with Crippen LogP contribution in [0.4, 0.5) is 5.69 Å². The highest BCUT2D eigenvalue weighted by Crippen LogP contribution is 2.27. The van der Waals surface area contributed by atoms with Crippen LogP contribution in [-0.4, -0.2) is 30.8 Å². The molecule has 2 aromatic rings. The Hall–Kier alpha value is -3.42. The number of hydrogen-bond acceptors (Lipinski definition) is 6. The molecular formula is C18H19N3O5. The van der Waals surface area contributed by atoms with Crippen molar-refractivity contribution in [2.45, 2.75) is 13.3 Å². The van der Waals surface area contributed by atoms with Gasteiger partial charge in [0.15, 0.2) is 11.5 Å². The summed E-state index contributed by atoms with van der Waals surface area (Å²) in [5.41, 5.74) is 4.49. The molecule has 1 amide bonds. The van der Waals surface area contributed by atoms with Gasteiger partial charge in [0, 0.05) is 17.7 Å². The van der Waals surface area contributed by atoms with Crippen LogP contribution < -0.4 is 14.9 Å². The lowest BCUT2D eigenvalue weighted by Gasteiger charge is -2.09. The molecule has 2 aromatic carbocycles. The molecule has 136 valence electrons. The number of nitro groups is 1. The molecular weight excluding hydrogens is 338 g/mol. The van der Waals surface area contributed by atoms with E-state index in [9.17, 15) is 14.9 Å². The highest BCUT2D eigenvalue weighted by Gasteiger charge is 2.09. The van der Waals surface area contributed by atoms with Crippen LogP contribution in [0.2, 0.25) is 0 Å². The van der Waals surface area contributed by atoms with E-state index in [2.05, 4.69) is 10.5 Å². The molecule has 0 atom stereocenters. The first-order chi connectivity index (χ1) is 12.4. The predicted molar refractivity (Wildman–Crippen MR) is 96.7 cm³/mol. The Morgan fingerprint density at radius 3 is 2.35 bits per heavy atom. The Bertz CT molecular complexity index is 831. The number of hydrogen-bond donors (Lipinski definition) is 1. The summed E-state index contributed by atoms with van der Waals surface area (Å²) in [5, 5.41) is 14.7. The van der Waals surface area contributed by atoms with Crippen molar-refractivity contribution in [1.29, 1.82) is 0 Å². The van der Waals surface area contributed by atoms with Crippen LogP contribution in [0, 0.1) is 10.1 Å². The van der Waals surface area contributed by atoms with Gasteiger partial charge in [0.2, 0.25) is 5.91 Å². The molecule has 0 radical (unpaired) electrons. The summed E-state index contributed by atoms with van der Waals surface area (Å²) in [5.74, 6) is 0.849. The summed E-state index contributed by atoms with van der Waals surface area (Å²) >= 11 is 0. The molecule has 8 nitrogen and oxygen atoms in total. The molecule has 0 saturated carbocycles. The third-order valence-corrected chi connectivity index (χ3v) is 3.66. The van der Waals surface area contributed by atoms with E-state index in [0.29, 0.717) is 22.8 Å². The van der Waals surface area contributed by atoms with Crippen molar-refractivity contribution in [1.82, 2.24) is 5.43 Å². The number of nitrogens with zero attached hydrogens (tertiary/aromatic N) is 2. The minimum absolute atomic E-state index is 0.0172. The number of benzene rings is 2. The molecule has 0 aromatic heterocycles. The maximum atomic E-state index is 12.0. The van der Waals surface area contributed by atoms with Crippen molar-refractivity contribution >= 4 is 17.3 Å². The van der Waals surface area contributed by atoms with Crippen molar-refractivity contribution < 1.29 is 19.2 Å². The van der Waals surface area contributed by atoms with Crippen LogP contribution in [0.3, 0.4) is 0 Å². The Balaban J connectivity index is 2.01. The van der Waals surface area contributed by atoms with Crippen molar-refractivity contribution in [2.75, 3.05) is 14.2 Å². The van der Waals surface area contributed by atoms with E-state index in [-0.39, 0.29) is 18.0 Å². The van der Waals surface area contributed by atoms with Crippen LogP contribution in [0.1, 0.15) is 18.1 Å². The average Bonchev–Trinajstić information content (AvgIpc) is 2.65. The van der Waals surface area contributed by atoms with Crippen LogP contribution in [0.25, 0.3) is 0 Å². The maximum Gasteiger partial charge on any atom is 0.269 e. The van der Waals surface area contributed by atoms with E-state index in [4.69, 9.17) is 9.47 Å². The molecule has 8 heteroatoms. The minimum Gasteiger partial charge on any atom is -0.493 e. The number of amides is 1. The van der Waals surface area contributed by atoms with Gasteiger partial charge in [0.05, 0.1) is 31.3 Å². The van der Waals surface area contributed by atoms with Gasteiger partial charge in [-0.3, -0.25) is 14.9 Å². The second-order valence-electron chi connectivity index (χ2n) is 5.40. The summed E-state index contributed by atoms with van der Waals surface area (Å²) in [6, 6.07) is 11.1. The normalized spacial score (nSPS) is 11.0. The Morgan fingerprint density at radius 1 is 1.12 bits per heavy atom. The number of carbonyl (C=O) groups is 1. The summed E-state index contributed by atoms with van der Waals surface area (Å²) in [4.78, 5) is 22.1. The topological polar surface area (TPSA) is 103 Å². The quantitative estimate of drug-likeness (QED) is 0.466. The highest BCUT2D eigenvalue weighted by molar-refractivity contribution is 5.99. The molecule has 0 heterocycles. The lowest BCUT2D eigenvalue weighted by Crippen LogP contribution is -2.21. The highest BCUT2D eigenvalue weighted by atomic mass is 16.6. The van der Waals surface area contributed by atoms with E-state index >= 15 is 0 Å². The van der Waals surface area contributed by atoms with Crippen LogP contribution >= 0.6 is 0 Å². The van der Waals surface area contributed by atoms with Crippen molar-refractivity contribution in [2.24, 2.45) is 5.10 Å². The standard InChI is InChI=1S/C18H19N3O5/c1-12(14-6-9-16(25-2)17(11-14)26-3)19-20-18(22)10-13-4-7-15(8-5-13)21(23)24/h4-9,11H,10H2,1-3H3,(H,20,22). The molecule has 0 aliphatic rings. The fourth-order valence-electron chi connectivity index (χ4n) is 2.23. The van der Waals surface area contributed by atoms with E-state index in [1.807, 2.05) is 6.07 Å². The second kappa shape index (κ2) is 8.61. The summed E-state index contributed by atoms with van der Waals surface area (Å²) < 4.78 is 10.4. The number of non-ortho nitro benzene ring substituents is 1. The first-order valence-electron chi connectivity index (χ1n) is 7.73. The third-order valence-electron chi connectivity index (χ3n) is 3.66.